The fourth-order valence-corrected chi connectivity index (χ4v) is 3.36. The number of hydrogen-bond acceptors (Lipinski definition) is 4. The van der Waals surface area contributed by atoms with E-state index < -0.39 is 19.6 Å². The molecule has 1 rings (SSSR count). The number of rotatable bonds is 4. The Bertz CT molecular complexity index is 347. The molecule has 1 saturated heterocycles. The van der Waals surface area contributed by atoms with Crippen LogP contribution in [0.2, 0.25) is 0 Å². The molecule has 0 aromatic carbocycles. The van der Waals surface area contributed by atoms with Crippen molar-refractivity contribution in [3.63, 3.8) is 0 Å². The summed E-state index contributed by atoms with van der Waals surface area (Å²) in [5.74, 6) is -0.237. The van der Waals surface area contributed by atoms with Gasteiger partial charge >= 0.3 is 6.09 Å². The van der Waals surface area contributed by atoms with E-state index in [4.69, 9.17) is 9.47 Å². The molecule has 0 bridgehead atoms. The van der Waals surface area contributed by atoms with Crippen LogP contribution >= 0.6 is 7.95 Å². The van der Waals surface area contributed by atoms with E-state index in [1.165, 1.54) is 0 Å². The second-order valence-corrected chi connectivity index (χ2v) is 8.07. The summed E-state index contributed by atoms with van der Waals surface area (Å²) in [5, 5.41) is 5.79. The lowest BCUT2D eigenvalue weighted by atomic mass is 10.1. The van der Waals surface area contributed by atoms with Crippen molar-refractivity contribution in [2.75, 3.05) is 6.61 Å². The highest BCUT2D eigenvalue weighted by molar-refractivity contribution is 7.43. The molecule has 1 heterocycles. The van der Waals surface area contributed by atoms with E-state index in [1.54, 1.807) is 0 Å². The normalized spacial score (nSPS) is 25.3. The fraction of sp³-hybridized carbons (Fsp3) is 0.923. The standard InChI is InChI=1S/C13H27N2O4P/c1-9(2)15-20(17)11-7-6-10(8-18-11)14-12(16)19-13(3,4)5/h9-11,20H,6-8H2,1-5H3,(H,14,16)(H,15,17)/t10-,11-/m1/s1. The van der Waals surface area contributed by atoms with E-state index in [-0.39, 0.29) is 17.9 Å². The lowest BCUT2D eigenvalue weighted by Crippen LogP contribution is -2.44. The van der Waals surface area contributed by atoms with Gasteiger partial charge in [0.25, 0.3) is 0 Å². The first-order valence-corrected chi connectivity index (χ1v) is 8.57. The fourth-order valence-electron chi connectivity index (χ4n) is 1.92. The minimum atomic E-state index is -1.94. The molecule has 1 fully saturated rings. The van der Waals surface area contributed by atoms with Crippen molar-refractivity contribution in [2.24, 2.45) is 0 Å². The Kier molecular flexibility index (Phi) is 6.49. The molecule has 1 unspecified atom stereocenters. The van der Waals surface area contributed by atoms with Gasteiger partial charge in [-0.3, -0.25) is 5.09 Å². The van der Waals surface area contributed by atoms with E-state index in [9.17, 15) is 9.36 Å². The summed E-state index contributed by atoms with van der Waals surface area (Å²) in [5.41, 5.74) is -0.505. The number of nitrogens with one attached hydrogen (secondary N) is 2. The number of amides is 1. The summed E-state index contributed by atoms with van der Waals surface area (Å²) in [6.45, 7) is 9.76. The molecule has 0 aliphatic carbocycles. The summed E-state index contributed by atoms with van der Waals surface area (Å²) < 4.78 is 22.7. The minimum absolute atomic E-state index is 0.0741. The number of carbonyl (C=O) groups excluding carboxylic acids is 1. The van der Waals surface area contributed by atoms with E-state index in [0.29, 0.717) is 13.0 Å². The molecule has 1 amide bonds. The van der Waals surface area contributed by atoms with Crippen molar-refractivity contribution >= 4 is 14.0 Å². The quantitative estimate of drug-likeness (QED) is 0.780. The topological polar surface area (TPSA) is 76.7 Å². The van der Waals surface area contributed by atoms with Gasteiger partial charge in [-0.2, -0.15) is 0 Å². The molecule has 3 atom stereocenters. The van der Waals surface area contributed by atoms with Crippen LogP contribution in [0.15, 0.2) is 0 Å². The van der Waals surface area contributed by atoms with Gasteiger partial charge in [0.2, 0.25) is 0 Å². The predicted octanol–water partition coefficient (Wildman–Crippen LogP) is 2.49. The molecule has 0 radical (unpaired) electrons. The molecule has 1 aliphatic rings. The molecule has 6 nitrogen and oxygen atoms in total. The Morgan fingerprint density at radius 2 is 2.00 bits per heavy atom. The van der Waals surface area contributed by atoms with Gasteiger partial charge in [-0.15, -0.1) is 0 Å². The van der Waals surface area contributed by atoms with E-state index >= 15 is 0 Å². The van der Waals surface area contributed by atoms with E-state index in [2.05, 4.69) is 10.4 Å². The molecular weight excluding hydrogens is 279 g/mol. The SMILES string of the molecule is CC(C)N[PH](=O)[C@@H]1CC[C@@H](NC(=O)OC(C)(C)C)CO1. The second-order valence-electron chi connectivity index (χ2n) is 6.41. The number of ether oxygens (including phenoxy) is 2. The van der Waals surface area contributed by atoms with Crippen LogP contribution in [0.1, 0.15) is 47.5 Å². The van der Waals surface area contributed by atoms with Crippen molar-refractivity contribution in [2.45, 2.75) is 71.0 Å². The zero-order valence-electron chi connectivity index (χ0n) is 13.0. The molecule has 20 heavy (non-hydrogen) atoms. The van der Waals surface area contributed by atoms with Gasteiger partial charge in [0.05, 0.1) is 12.6 Å². The molecule has 0 spiro atoms. The first kappa shape index (κ1) is 17.5. The summed E-state index contributed by atoms with van der Waals surface area (Å²) in [4.78, 5) is 11.6. The van der Waals surface area contributed by atoms with Crippen LogP contribution in [0.5, 0.6) is 0 Å². The van der Waals surface area contributed by atoms with Crippen LogP contribution in [0.4, 0.5) is 4.79 Å². The van der Waals surface area contributed by atoms with Gasteiger partial charge in [0.15, 0.2) is 7.95 Å². The van der Waals surface area contributed by atoms with Crippen LogP contribution in [0.25, 0.3) is 0 Å². The second kappa shape index (κ2) is 7.43. The average Bonchev–Trinajstić information content (AvgIpc) is 2.26. The Morgan fingerprint density at radius 3 is 2.45 bits per heavy atom. The molecular formula is C13H27N2O4P. The van der Waals surface area contributed by atoms with Crippen LogP contribution in [0, 0.1) is 0 Å². The van der Waals surface area contributed by atoms with Gasteiger partial charge in [-0.25, -0.2) is 4.79 Å². The number of alkyl carbamates (subject to hydrolysis) is 1. The molecule has 0 aromatic rings. The first-order valence-electron chi connectivity index (χ1n) is 7.09. The Morgan fingerprint density at radius 1 is 1.35 bits per heavy atom. The summed E-state index contributed by atoms with van der Waals surface area (Å²) >= 11 is 0. The van der Waals surface area contributed by atoms with Crippen molar-refractivity contribution in [3.8, 4) is 0 Å². The van der Waals surface area contributed by atoms with Gasteiger partial charge in [-0.1, -0.05) is 0 Å². The molecule has 7 heteroatoms. The Labute approximate surface area is 121 Å². The summed E-state index contributed by atoms with van der Waals surface area (Å²) in [6, 6.07) is 0.109. The van der Waals surface area contributed by atoms with Crippen LogP contribution < -0.4 is 10.4 Å². The molecule has 1 aliphatic heterocycles. The largest absolute Gasteiger partial charge is 0.444 e. The first-order chi connectivity index (χ1) is 9.17. The predicted molar refractivity (Wildman–Crippen MR) is 79.4 cm³/mol. The Hall–Kier alpha value is -0.580. The highest BCUT2D eigenvalue weighted by atomic mass is 31.1. The van der Waals surface area contributed by atoms with E-state index in [1.807, 2.05) is 34.6 Å². The van der Waals surface area contributed by atoms with Gasteiger partial charge in [-0.05, 0) is 47.5 Å². The maximum Gasteiger partial charge on any atom is 0.407 e. The summed E-state index contributed by atoms with van der Waals surface area (Å²) in [7, 11) is -1.94. The molecule has 2 N–H and O–H groups in total. The van der Waals surface area contributed by atoms with Crippen molar-refractivity contribution in [1.82, 2.24) is 10.4 Å². The number of carbonyl (C=O) groups is 1. The van der Waals surface area contributed by atoms with Gasteiger partial charge in [0, 0.05) is 6.04 Å². The maximum atomic E-state index is 12.0. The lowest BCUT2D eigenvalue weighted by Gasteiger charge is -2.30. The van der Waals surface area contributed by atoms with Gasteiger partial charge < -0.3 is 19.4 Å². The monoisotopic (exact) mass is 306 g/mol. The third kappa shape index (κ3) is 6.73. The number of hydrogen-bond donors (Lipinski definition) is 2. The third-order valence-electron chi connectivity index (χ3n) is 2.72. The van der Waals surface area contributed by atoms with Crippen molar-refractivity contribution < 1.29 is 18.8 Å². The highest BCUT2D eigenvalue weighted by Crippen LogP contribution is 2.32. The van der Waals surface area contributed by atoms with Crippen LogP contribution in [0.3, 0.4) is 0 Å². The van der Waals surface area contributed by atoms with Crippen LogP contribution in [-0.2, 0) is 14.0 Å². The molecule has 118 valence electrons. The molecule has 0 saturated carbocycles. The van der Waals surface area contributed by atoms with Crippen molar-refractivity contribution in [1.29, 1.82) is 0 Å². The zero-order valence-corrected chi connectivity index (χ0v) is 14.0. The zero-order chi connectivity index (χ0) is 15.3. The highest BCUT2D eigenvalue weighted by Gasteiger charge is 2.28. The maximum absolute atomic E-state index is 12.0. The third-order valence-corrected chi connectivity index (χ3v) is 4.62. The Balaban J connectivity index is 2.32. The van der Waals surface area contributed by atoms with Crippen molar-refractivity contribution in [3.05, 3.63) is 0 Å². The summed E-state index contributed by atoms with van der Waals surface area (Å²) in [6.07, 6.45) is 0.996. The van der Waals surface area contributed by atoms with Gasteiger partial charge in [0.1, 0.15) is 11.4 Å². The van der Waals surface area contributed by atoms with E-state index in [0.717, 1.165) is 6.42 Å². The average molecular weight is 306 g/mol. The smallest absolute Gasteiger partial charge is 0.407 e. The minimum Gasteiger partial charge on any atom is -0.444 e. The lowest BCUT2D eigenvalue weighted by molar-refractivity contribution is 0.0241. The van der Waals surface area contributed by atoms with Crippen LogP contribution in [-0.4, -0.2) is 36.2 Å². The molecule has 0 aromatic heterocycles.